The molecule has 1 atom stereocenters. The van der Waals surface area contributed by atoms with Crippen molar-refractivity contribution in [1.29, 1.82) is 0 Å². The number of carbonyl (C=O) groups is 1. The number of likely N-dealkylation sites (tertiary alicyclic amines) is 1. The first-order valence-corrected chi connectivity index (χ1v) is 10.5. The van der Waals surface area contributed by atoms with Gasteiger partial charge < -0.3 is 20.5 Å². The number of carbonyl (C=O) groups excluding carboxylic acids is 1. The molecule has 2 aliphatic rings. The summed E-state index contributed by atoms with van der Waals surface area (Å²) in [7, 11) is 0. The lowest BCUT2D eigenvalue weighted by atomic mass is 9.93. The van der Waals surface area contributed by atoms with Crippen LogP contribution in [0.2, 0.25) is 0 Å². The van der Waals surface area contributed by atoms with Crippen molar-refractivity contribution in [3.8, 4) is 6.01 Å². The Morgan fingerprint density at radius 3 is 2.93 bits per heavy atom. The van der Waals surface area contributed by atoms with E-state index >= 15 is 0 Å². The number of piperidine rings is 1. The van der Waals surface area contributed by atoms with Crippen molar-refractivity contribution < 1.29 is 14.6 Å². The molecular weight excluding hydrogens is 358 g/mol. The summed E-state index contributed by atoms with van der Waals surface area (Å²) in [5.74, 6) is 1.63. The third kappa shape index (κ3) is 5.11. The Hall–Kier alpha value is -1.93. The molecule has 8 heteroatoms. The first-order chi connectivity index (χ1) is 13.6. The van der Waals surface area contributed by atoms with Gasteiger partial charge in [0.25, 0.3) is 0 Å². The number of aromatic nitrogens is 2. The average Bonchev–Trinajstić information content (AvgIpc) is 2.99. The Kier molecular flexibility index (Phi) is 7.44. The molecule has 1 aromatic heterocycles. The molecule has 0 radical (unpaired) electrons. The standard InChI is InChI=1S/C20H33N5O3/c1-2-3-12-28-20-22-18(21)16-13-17(27)25(19(16)23-20)9-5-7-15-6-4-8-24(14-15)10-11-26/h15,26H,2-14H2,1H3,(H2,21,22,23). The van der Waals surface area contributed by atoms with Crippen LogP contribution in [-0.2, 0) is 11.2 Å². The quantitative estimate of drug-likeness (QED) is 0.584. The first kappa shape index (κ1) is 20.8. The topological polar surface area (TPSA) is 105 Å². The van der Waals surface area contributed by atoms with Crippen molar-refractivity contribution in [3.63, 3.8) is 0 Å². The van der Waals surface area contributed by atoms with Gasteiger partial charge in [0.05, 0.1) is 19.6 Å². The lowest BCUT2D eigenvalue weighted by Gasteiger charge is -2.32. The molecule has 28 heavy (non-hydrogen) atoms. The zero-order chi connectivity index (χ0) is 19.9. The summed E-state index contributed by atoms with van der Waals surface area (Å²) in [6, 6.07) is 0.260. The zero-order valence-corrected chi connectivity index (χ0v) is 16.9. The maximum Gasteiger partial charge on any atom is 0.320 e. The third-order valence-corrected chi connectivity index (χ3v) is 5.62. The van der Waals surface area contributed by atoms with Crippen LogP contribution in [0.1, 0.15) is 51.0 Å². The number of β-amino-alcohol motifs (C(OH)–C–C–N with tert-alkyl or cyclic N) is 1. The second-order valence-corrected chi connectivity index (χ2v) is 7.79. The molecule has 3 rings (SSSR count). The van der Waals surface area contributed by atoms with E-state index in [1.165, 1.54) is 12.8 Å². The molecule has 8 nitrogen and oxygen atoms in total. The van der Waals surface area contributed by atoms with Gasteiger partial charge in [-0.2, -0.15) is 9.97 Å². The maximum atomic E-state index is 12.5. The number of aliphatic hydroxyl groups is 1. The SMILES string of the molecule is CCCCOc1nc(N)c2c(n1)N(CCCC1CCCN(CCO)C1)C(=O)C2. The minimum atomic E-state index is 0.0345. The zero-order valence-electron chi connectivity index (χ0n) is 16.9. The number of nitrogen functional groups attached to an aromatic ring is 1. The largest absolute Gasteiger partial charge is 0.463 e. The molecule has 1 saturated heterocycles. The summed E-state index contributed by atoms with van der Waals surface area (Å²) in [6.07, 6.45) is 6.62. The molecule has 0 aliphatic carbocycles. The number of fused-ring (bicyclic) bond motifs is 1. The fraction of sp³-hybridized carbons (Fsp3) is 0.750. The van der Waals surface area contributed by atoms with E-state index in [4.69, 9.17) is 15.6 Å². The molecule has 0 aromatic carbocycles. The highest BCUT2D eigenvalue weighted by molar-refractivity contribution is 6.01. The van der Waals surface area contributed by atoms with Crippen LogP contribution in [-0.4, -0.2) is 65.3 Å². The number of aliphatic hydroxyl groups excluding tert-OH is 1. The normalized spacial score (nSPS) is 19.9. The highest BCUT2D eigenvalue weighted by Gasteiger charge is 2.32. The summed E-state index contributed by atoms with van der Waals surface area (Å²) in [5.41, 5.74) is 6.78. The number of nitrogens with two attached hydrogens (primary N) is 1. The summed E-state index contributed by atoms with van der Waals surface area (Å²) >= 11 is 0. The molecule has 3 N–H and O–H groups in total. The molecule has 0 bridgehead atoms. The van der Waals surface area contributed by atoms with Gasteiger partial charge in [-0.05, 0) is 44.6 Å². The van der Waals surface area contributed by atoms with E-state index in [0.29, 0.717) is 30.7 Å². The molecule has 1 fully saturated rings. The van der Waals surface area contributed by atoms with Gasteiger partial charge >= 0.3 is 6.01 Å². The van der Waals surface area contributed by atoms with Crippen molar-refractivity contribution in [3.05, 3.63) is 5.56 Å². The van der Waals surface area contributed by atoms with Crippen molar-refractivity contribution in [2.45, 2.75) is 51.9 Å². The Morgan fingerprint density at radius 2 is 2.14 bits per heavy atom. The van der Waals surface area contributed by atoms with E-state index in [0.717, 1.165) is 50.9 Å². The fourth-order valence-electron chi connectivity index (χ4n) is 4.10. The Bertz CT molecular complexity index is 667. The third-order valence-electron chi connectivity index (χ3n) is 5.62. The van der Waals surface area contributed by atoms with Crippen LogP contribution in [0.15, 0.2) is 0 Å². The molecule has 1 unspecified atom stereocenters. The van der Waals surface area contributed by atoms with Crippen molar-refractivity contribution in [1.82, 2.24) is 14.9 Å². The minimum absolute atomic E-state index is 0.0345. The molecule has 0 saturated carbocycles. The van der Waals surface area contributed by atoms with Crippen LogP contribution in [0, 0.1) is 5.92 Å². The Labute approximate surface area is 167 Å². The van der Waals surface area contributed by atoms with Gasteiger partial charge in [-0.1, -0.05) is 13.3 Å². The Balaban J connectivity index is 1.57. The van der Waals surface area contributed by atoms with Gasteiger partial charge in [0.15, 0.2) is 0 Å². The van der Waals surface area contributed by atoms with E-state index in [2.05, 4.69) is 21.8 Å². The van der Waals surface area contributed by atoms with Crippen molar-refractivity contribution in [2.24, 2.45) is 5.92 Å². The van der Waals surface area contributed by atoms with Gasteiger partial charge in [-0.3, -0.25) is 9.69 Å². The summed E-state index contributed by atoms with van der Waals surface area (Å²) < 4.78 is 5.60. The fourth-order valence-corrected chi connectivity index (χ4v) is 4.10. The predicted octanol–water partition coefficient (Wildman–Crippen LogP) is 1.61. The molecule has 3 heterocycles. The van der Waals surface area contributed by atoms with Crippen molar-refractivity contribution >= 4 is 17.5 Å². The lowest BCUT2D eigenvalue weighted by molar-refractivity contribution is -0.117. The minimum Gasteiger partial charge on any atom is -0.463 e. The number of amides is 1. The number of ether oxygens (including phenoxy) is 1. The number of hydrogen-bond donors (Lipinski definition) is 2. The molecular formula is C20H33N5O3. The van der Waals surface area contributed by atoms with Gasteiger partial charge in [0.1, 0.15) is 11.6 Å². The van der Waals surface area contributed by atoms with Crippen molar-refractivity contribution in [2.75, 3.05) is 50.0 Å². The highest BCUT2D eigenvalue weighted by atomic mass is 16.5. The molecule has 1 aromatic rings. The van der Waals surface area contributed by atoms with Crippen LogP contribution in [0.5, 0.6) is 6.01 Å². The molecule has 1 amide bonds. The van der Waals surface area contributed by atoms with E-state index < -0.39 is 0 Å². The summed E-state index contributed by atoms with van der Waals surface area (Å²) in [4.78, 5) is 25.3. The number of hydrogen-bond acceptors (Lipinski definition) is 7. The van der Waals surface area contributed by atoms with Crippen LogP contribution in [0.25, 0.3) is 0 Å². The van der Waals surface area contributed by atoms with Crippen LogP contribution in [0.3, 0.4) is 0 Å². The van der Waals surface area contributed by atoms with Gasteiger partial charge in [0, 0.05) is 25.2 Å². The second-order valence-electron chi connectivity index (χ2n) is 7.79. The molecule has 2 aliphatic heterocycles. The van der Waals surface area contributed by atoms with Crippen LogP contribution >= 0.6 is 0 Å². The number of nitrogens with zero attached hydrogens (tertiary/aromatic N) is 4. The monoisotopic (exact) mass is 391 g/mol. The van der Waals surface area contributed by atoms with E-state index in [-0.39, 0.29) is 24.9 Å². The van der Waals surface area contributed by atoms with Gasteiger partial charge in [-0.25, -0.2) is 0 Å². The summed E-state index contributed by atoms with van der Waals surface area (Å²) in [5, 5.41) is 9.14. The Morgan fingerprint density at radius 1 is 1.29 bits per heavy atom. The van der Waals surface area contributed by atoms with E-state index in [9.17, 15) is 4.79 Å². The lowest BCUT2D eigenvalue weighted by Crippen LogP contribution is -2.37. The molecule has 156 valence electrons. The number of anilines is 2. The summed E-state index contributed by atoms with van der Waals surface area (Å²) in [6.45, 7) is 6.38. The highest BCUT2D eigenvalue weighted by Crippen LogP contribution is 2.32. The van der Waals surface area contributed by atoms with E-state index in [1.807, 2.05) is 0 Å². The number of rotatable bonds is 10. The van der Waals surface area contributed by atoms with Gasteiger partial charge in [0.2, 0.25) is 5.91 Å². The second kappa shape index (κ2) is 10.0. The van der Waals surface area contributed by atoms with E-state index in [1.54, 1.807) is 4.90 Å². The maximum absolute atomic E-state index is 12.5. The number of unbranched alkanes of at least 4 members (excludes halogenated alkanes) is 1. The predicted molar refractivity (Wildman–Crippen MR) is 108 cm³/mol. The van der Waals surface area contributed by atoms with Gasteiger partial charge in [-0.15, -0.1) is 0 Å². The average molecular weight is 392 g/mol. The smallest absolute Gasteiger partial charge is 0.320 e. The first-order valence-electron chi connectivity index (χ1n) is 10.5. The molecule has 0 spiro atoms. The van der Waals surface area contributed by atoms with Crippen LogP contribution in [0.4, 0.5) is 11.6 Å². The van der Waals surface area contributed by atoms with Crippen LogP contribution < -0.4 is 15.4 Å².